The predicted octanol–water partition coefficient (Wildman–Crippen LogP) is 44.6. The van der Waals surface area contributed by atoms with E-state index in [9.17, 15) is 0 Å². The minimum absolute atomic E-state index is 0. The first-order valence-corrected chi connectivity index (χ1v) is 156. The van der Waals surface area contributed by atoms with Gasteiger partial charge in [0.1, 0.15) is 0 Å². The Balaban J connectivity index is 0. The van der Waals surface area contributed by atoms with E-state index in [1.807, 2.05) is 0 Å². The van der Waals surface area contributed by atoms with Gasteiger partial charge in [-0.1, -0.05) is 7.96 Å². The smallest absolute Gasteiger partial charge is 0 e. The van der Waals surface area contributed by atoms with Crippen LogP contribution in [0.2, 0.25) is 0 Å². The molecule has 0 aliphatic carbocycles. The van der Waals surface area contributed by atoms with Crippen molar-refractivity contribution in [1.82, 2.24) is 0 Å². The van der Waals surface area contributed by atoms with Crippen molar-refractivity contribution >= 4 is 607 Å². The van der Waals surface area contributed by atoms with Crippen LogP contribution in [0.3, 0.4) is 0 Å². The van der Waals surface area contributed by atoms with Gasteiger partial charge in [-0.3, -0.25) is 0 Å². The van der Waals surface area contributed by atoms with Gasteiger partial charge >= 0.3 is 0 Å². The van der Waals surface area contributed by atoms with Crippen molar-refractivity contribution in [2.24, 2.45) is 0 Å². The first kappa shape index (κ1) is 112. The molecule has 0 radical (unpaired) electrons. The van der Waals surface area contributed by atoms with Gasteiger partial charge in [0, 0.05) is 21.1 Å². The second-order valence-corrected chi connectivity index (χ2v) is 324. The Morgan fingerprint density at radius 2 is 0.273 bits per heavy atom. The molecular weight excluding hydrogens is 2540 g/mol. The van der Waals surface area contributed by atoms with Crippen LogP contribution in [0.5, 0.6) is 0 Å². The summed E-state index contributed by atoms with van der Waals surface area (Å²) >= 11 is 0. The van der Waals surface area contributed by atoms with Crippen LogP contribution in [0, 0.1) is 0 Å². The van der Waals surface area contributed by atoms with E-state index < -0.39 is 0 Å². The molecule has 0 amide bonds. The minimum atomic E-state index is -0.336. The minimum Gasteiger partial charge on any atom is -0.109 e. The van der Waals surface area contributed by atoms with E-state index in [1.165, 1.54) is 7.96 Å². The Kier molecular flexibility index (Phi) is 91.2. The molecule has 0 aromatic rings. The fourth-order valence-electron chi connectivity index (χ4n) is 4.52. The quantitative estimate of drug-likeness (QED) is 0.0544. The molecule has 0 saturated carbocycles. The standard InChI is InChI=1S/H78P76.W/c1-39-59(38)71(62(41(2)3)42(4)5)75(76(69(55(30)31)56(32)33)70(57(34)35)58(36)37)61(74(67(51(22)23)52(24)25)68(53(26)27)54(28)29)40-60(72(63(43(6)7)44(8)9)64(45(10)11)46(12)13)73(65(47(14)15)48(16)17)66(49(18)19)50(20)21;/h39-40H,1-38H2;. The Bertz CT molecular complexity index is 1270. The van der Waals surface area contributed by atoms with Crippen molar-refractivity contribution in [2.45, 2.75) is 0 Å². The summed E-state index contributed by atoms with van der Waals surface area (Å²) in [4.78, 5) is 0. The third-order valence-corrected chi connectivity index (χ3v) is 539. The summed E-state index contributed by atoms with van der Waals surface area (Å²) in [6, 6.07) is 0. The zero-order valence-electron chi connectivity index (χ0n) is 39.4. The summed E-state index contributed by atoms with van der Waals surface area (Å²) in [6.45, 7) is -9.57. The molecule has 77 heteroatoms. The monoisotopic (exact) mass is 2620 g/mol. The first-order chi connectivity index (χ1) is 34.6. The van der Waals surface area contributed by atoms with Crippen LogP contribution in [-0.4, -0.2) is 0 Å². The molecule has 0 rings (SSSR count). The molecule has 0 aliphatic rings. The van der Waals surface area contributed by atoms with Gasteiger partial charge in [0.25, 0.3) is 0 Å². The van der Waals surface area contributed by atoms with Gasteiger partial charge in [-0.15, -0.1) is 339 Å². The SMILES string of the molecule is PPP(P)P(P(P(P)P)P(P)P)P(P(PP(P(P(P(P)P)P(P)P)P(P(P)P)P(P)P)P(P(P(P)P)P(P)P)P(P(P)P)P(P)P)P(P(P(P)P)P(P)P)P(P(P)P)P(P)P)P(P(P(P)P)P(P)P)P(P(P)P)P(P)P.[W]. The zero-order chi connectivity index (χ0) is 60.2. The fourth-order valence-corrected chi connectivity index (χ4v) is 1100. The average Bonchev–Trinajstić information content (AvgIpc) is 3.21. The van der Waals surface area contributed by atoms with Gasteiger partial charge in [-0.25, -0.2) is 0 Å². The van der Waals surface area contributed by atoms with Crippen LogP contribution < -0.4 is 0 Å². The maximum absolute atomic E-state index is 3.84. The van der Waals surface area contributed by atoms with Crippen LogP contribution in [0.25, 0.3) is 0 Å². The van der Waals surface area contributed by atoms with Gasteiger partial charge in [-0.05, 0) is 260 Å². The maximum atomic E-state index is 3.84. The van der Waals surface area contributed by atoms with Crippen LogP contribution in [0.1, 0.15) is 0 Å². The molecule has 0 nitrogen and oxygen atoms in total. The molecule has 464 valence electrons. The van der Waals surface area contributed by atoms with Gasteiger partial charge in [0.15, 0.2) is 0 Å². The Morgan fingerprint density at radius 1 is 0.156 bits per heavy atom. The van der Waals surface area contributed by atoms with E-state index in [4.69, 9.17) is 0 Å². The van der Waals surface area contributed by atoms with Crippen LogP contribution >= 0.6 is 607 Å². The Labute approximate surface area is 617 Å². The molecule has 0 bridgehead atoms. The second-order valence-electron chi connectivity index (χ2n) is 12.0. The summed E-state index contributed by atoms with van der Waals surface area (Å²) in [5.74, 6) is 0. The maximum Gasteiger partial charge on any atom is 0 e. The topological polar surface area (TPSA) is 0 Å². The van der Waals surface area contributed by atoms with Gasteiger partial charge in [0.2, 0.25) is 0 Å². The molecule has 0 aromatic heterocycles. The van der Waals surface area contributed by atoms with E-state index >= 15 is 0 Å². The summed E-state index contributed by atoms with van der Waals surface area (Å²) in [5.41, 5.74) is 0. The van der Waals surface area contributed by atoms with E-state index in [2.05, 4.69) is 339 Å². The molecule has 77 heavy (non-hydrogen) atoms. The average molecular weight is 2620 g/mol. The Hall–Kier alpha value is 33.4. The van der Waals surface area contributed by atoms with E-state index in [0.29, 0.717) is 0 Å². The first-order valence-electron chi connectivity index (χ1n) is 17.3. The molecule has 0 saturated heterocycles. The van der Waals surface area contributed by atoms with Crippen molar-refractivity contribution in [3.8, 4) is 0 Å². The zero-order valence-corrected chi connectivity index (χ0v) is 120. The molecule has 0 spiro atoms. The molecular formula is H78P76W. The Morgan fingerprint density at radius 3 is 0.403 bits per heavy atom. The largest absolute Gasteiger partial charge is 0.109 e. The molecule has 0 N–H and O–H groups in total. The number of hydrogen-bond acceptors (Lipinski definition) is 0. The summed E-state index contributed by atoms with van der Waals surface area (Å²) in [6.07, 6.45) is 0. The molecule has 0 heterocycles. The third-order valence-electron chi connectivity index (χ3n) is 6.66. The van der Waals surface area contributed by atoms with E-state index in [1.54, 1.807) is 0 Å². The van der Waals surface area contributed by atoms with Crippen molar-refractivity contribution in [1.29, 1.82) is 0 Å². The van der Waals surface area contributed by atoms with Gasteiger partial charge in [0.05, 0.1) is 0 Å². The normalized spacial score (nSPS) is 16.1. The van der Waals surface area contributed by atoms with Crippen LogP contribution in [0.15, 0.2) is 0 Å². The fraction of sp³-hybridized carbons (Fsp3) is 0. The molecule has 0 aliphatic heterocycles. The predicted molar refractivity (Wildman–Crippen MR) is 635 cm³/mol. The van der Waals surface area contributed by atoms with Gasteiger partial charge < -0.3 is 0 Å². The summed E-state index contributed by atoms with van der Waals surface area (Å²) in [7, 11) is 140. The molecule has 44 unspecified atom stereocenters. The third kappa shape index (κ3) is 41.0. The van der Waals surface area contributed by atoms with Crippen molar-refractivity contribution in [2.75, 3.05) is 0 Å². The number of rotatable bonds is 37. The van der Waals surface area contributed by atoms with Gasteiger partial charge in [-0.2, -0.15) is 0 Å². The van der Waals surface area contributed by atoms with Crippen LogP contribution in [0.4, 0.5) is 0 Å². The van der Waals surface area contributed by atoms with Crippen molar-refractivity contribution in [3.63, 3.8) is 0 Å². The molecule has 0 fully saturated rings. The van der Waals surface area contributed by atoms with Crippen molar-refractivity contribution < 1.29 is 21.1 Å². The van der Waals surface area contributed by atoms with E-state index in [0.717, 1.165) is 7.96 Å². The second kappa shape index (κ2) is 62.5. The summed E-state index contributed by atoms with van der Waals surface area (Å²) in [5, 5.41) is 0. The summed E-state index contributed by atoms with van der Waals surface area (Å²) < 4.78 is 0. The van der Waals surface area contributed by atoms with Crippen molar-refractivity contribution in [3.05, 3.63) is 0 Å². The van der Waals surface area contributed by atoms with E-state index in [-0.39, 0.29) is 273 Å². The molecule has 44 atom stereocenters. The van der Waals surface area contributed by atoms with Crippen LogP contribution in [-0.2, 0) is 21.1 Å². The number of hydrogen-bond donors (Lipinski definition) is 0. The molecule has 0 aromatic carbocycles.